The van der Waals surface area contributed by atoms with Crippen molar-refractivity contribution >= 4 is 29.9 Å². The summed E-state index contributed by atoms with van der Waals surface area (Å²) in [5, 5.41) is 14.9. The van der Waals surface area contributed by atoms with Gasteiger partial charge in [-0.3, -0.25) is 4.99 Å². The Morgan fingerprint density at radius 3 is 2.79 bits per heavy atom. The minimum atomic E-state index is 0. The van der Waals surface area contributed by atoms with E-state index >= 15 is 0 Å². The highest BCUT2D eigenvalue weighted by atomic mass is 127. The number of aryl methyl sites for hydroxylation is 1. The molecule has 0 aromatic carbocycles. The third kappa shape index (κ3) is 4.83. The number of nitrogens with one attached hydrogen (secondary N) is 2. The van der Waals surface area contributed by atoms with E-state index < -0.39 is 0 Å². The first kappa shape index (κ1) is 19.5. The molecule has 1 aromatic rings. The Morgan fingerprint density at radius 2 is 2.12 bits per heavy atom. The van der Waals surface area contributed by atoms with Crippen LogP contribution in [0.5, 0.6) is 0 Å². The molecular formula is C17H31IN6. The van der Waals surface area contributed by atoms with E-state index in [9.17, 15) is 0 Å². The van der Waals surface area contributed by atoms with Crippen LogP contribution >= 0.6 is 24.0 Å². The van der Waals surface area contributed by atoms with Crippen LogP contribution in [0.3, 0.4) is 0 Å². The van der Waals surface area contributed by atoms with Crippen LogP contribution in [-0.2, 0) is 13.0 Å². The van der Waals surface area contributed by atoms with Crippen LogP contribution in [0.1, 0.15) is 44.9 Å². The van der Waals surface area contributed by atoms with Gasteiger partial charge in [0.2, 0.25) is 0 Å². The lowest BCUT2D eigenvalue weighted by molar-refractivity contribution is 0.315. The van der Waals surface area contributed by atoms with Crippen molar-refractivity contribution in [3.8, 4) is 0 Å². The minimum Gasteiger partial charge on any atom is -0.356 e. The number of rotatable bonds is 7. The molecule has 1 aromatic heterocycles. The molecular weight excluding hydrogens is 415 g/mol. The Morgan fingerprint density at radius 1 is 1.29 bits per heavy atom. The lowest BCUT2D eigenvalue weighted by Gasteiger charge is -2.22. The summed E-state index contributed by atoms with van der Waals surface area (Å²) < 4.78 is 2.09. The van der Waals surface area contributed by atoms with Gasteiger partial charge in [-0.1, -0.05) is 13.3 Å². The molecule has 136 valence electrons. The second-order valence-corrected chi connectivity index (χ2v) is 6.94. The van der Waals surface area contributed by atoms with E-state index in [1.165, 1.54) is 32.1 Å². The fraction of sp³-hybridized carbons (Fsp3) is 0.824. The summed E-state index contributed by atoms with van der Waals surface area (Å²) in [4.78, 5) is 4.32. The Bertz CT molecular complexity index is 529. The number of aliphatic imine (C=N–C) groups is 1. The maximum atomic E-state index is 4.32. The summed E-state index contributed by atoms with van der Waals surface area (Å²) in [5.41, 5.74) is 0. The highest BCUT2D eigenvalue weighted by molar-refractivity contribution is 14.0. The summed E-state index contributed by atoms with van der Waals surface area (Å²) in [6.07, 6.45) is 9.92. The van der Waals surface area contributed by atoms with Gasteiger partial charge in [0.25, 0.3) is 0 Å². The lowest BCUT2D eigenvalue weighted by Crippen LogP contribution is -2.39. The van der Waals surface area contributed by atoms with Crippen LogP contribution in [0.2, 0.25) is 0 Å². The quantitative estimate of drug-likeness (QED) is 0.384. The van der Waals surface area contributed by atoms with Gasteiger partial charge in [0.05, 0.1) is 0 Å². The predicted octanol–water partition coefficient (Wildman–Crippen LogP) is 2.45. The van der Waals surface area contributed by atoms with Gasteiger partial charge in [-0.25, -0.2) is 0 Å². The van der Waals surface area contributed by atoms with Gasteiger partial charge in [-0.15, -0.1) is 34.2 Å². The van der Waals surface area contributed by atoms with Gasteiger partial charge in [0, 0.05) is 33.1 Å². The molecule has 3 atom stereocenters. The number of fused-ring (bicyclic) bond motifs is 2. The fourth-order valence-electron chi connectivity index (χ4n) is 4.36. The summed E-state index contributed by atoms with van der Waals surface area (Å²) in [7, 11) is 1.84. The van der Waals surface area contributed by atoms with Gasteiger partial charge in [-0.05, 0) is 43.4 Å². The zero-order chi connectivity index (χ0) is 16.1. The van der Waals surface area contributed by atoms with Crippen molar-refractivity contribution in [3.05, 3.63) is 12.2 Å². The molecule has 0 saturated heterocycles. The third-order valence-corrected chi connectivity index (χ3v) is 5.57. The Labute approximate surface area is 162 Å². The fourth-order valence-corrected chi connectivity index (χ4v) is 4.36. The molecule has 2 N–H and O–H groups in total. The first-order valence-electron chi connectivity index (χ1n) is 9.11. The molecule has 2 aliphatic rings. The van der Waals surface area contributed by atoms with Crippen LogP contribution in [-0.4, -0.2) is 40.9 Å². The highest BCUT2D eigenvalue weighted by Gasteiger charge is 2.38. The molecule has 2 bridgehead atoms. The Hall–Kier alpha value is -0.860. The molecule has 0 amide bonds. The molecule has 7 heteroatoms. The van der Waals surface area contributed by atoms with Crippen molar-refractivity contribution in [2.45, 2.75) is 52.0 Å². The second-order valence-electron chi connectivity index (χ2n) is 6.94. The molecule has 24 heavy (non-hydrogen) atoms. The van der Waals surface area contributed by atoms with E-state index in [-0.39, 0.29) is 24.0 Å². The molecule has 0 spiro atoms. The highest BCUT2D eigenvalue weighted by Crippen LogP contribution is 2.49. The van der Waals surface area contributed by atoms with Crippen molar-refractivity contribution in [3.63, 3.8) is 0 Å². The number of hydrogen-bond acceptors (Lipinski definition) is 3. The molecule has 0 aliphatic heterocycles. The summed E-state index contributed by atoms with van der Waals surface area (Å²) in [5.74, 6) is 4.94. The standard InChI is InChI=1S/C17H30N6.HI/c1-3-16-22-21-12-23(16)9-8-20-17(18-2)19-7-6-15-11-13-4-5-14(15)10-13;/h12-15H,3-11H2,1-2H3,(H2,18,19,20);1H. The summed E-state index contributed by atoms with van der Waals surface area (Å²) in [6.45, 7) is 4.83. The maximum Gasteiger partial charge on any atom is 0.191 e. The molecule has 0 radical (unpaired) electrons. The summed E-state index contributed by atoms with van der Waals surface area (Å²) in [6, 6.07) is 0. The van der Waals surface area contributed by atoms with Crippen LogP contribution in [0.15, 0.2) is 11.3 Å². The monoisotopic (exact) mass is 446 g/mol. The number of aromatic nitrogens is 3. The van der Waals surface area contributed by atoms with Crippen LogP contribution in [0.25, 0.3) is 0 Å². The molecule has 2 fully saturated rings. The van der Waals surface area contributed by atoms with E-state index in [1.54, 1.807) is 6.33 Å². The van der Waals surface area contributed by atoms with Crippen molar-refractivity contribution in [2.24, 2.45) is 22.7 Å². The normalized spacial score (nSPS) is 25.6. The SMILES string of the molecule is CCc1nncn1CCNC(=NC)NCCC1CC2CCC1C2.I. The zero-order valence-electron chi connectivity index (χ0n) is 14.9. The number of hydrogen-bond donors (Lipinski definition) is 2. The van der Waals surface area contributed by atoms with E-state index in [2.05, 4.69) is 37.3 Å². The van der Waals surface area contributed by atoms with E-state index in [1.807, 2.05) is 7.05 Å². The zero-order valence-corrected chi connectivity index (χ0v) is 17.2. The predicted molar refractivity (Wildman–Crippen MR) is 108 cm³/mol. The molecule has 1 heterocycles. The number of halogens is 1. The van der Waals surface area contributed by atoms with Crippen LogP contribution in [0.4, 0.5) is 0 Å². The van der Waals surface area contributed by atoms with Gasteiger partial charge in [0.15, 0.2) is 5.96 Å². The molecule has 2 saturated carbocycles. The van der Waals surface area contributed by atoms with E-state index in [0.29, 0.717) is 0 Å². The maximum absolute atomic E-state index is 4.32. The smallest absolute Gasteiger partial charge is 0.191 e. The first-order valence-corrected chi connectivity index (χ1v) is 9.11. The number of guanidine groups is 1. The van der Waals surface area contributed by atoms with Gasteiger partial charge in [0.1, 0.15) is 12.2 Å². The lowest BCUT2D eigenvalue weighted by atomic mass is 9.86. The average molecular weight is 446 g/mol. The van der Waals surface area contributed by atoms with Crippen molar-refractivity contribution in [2.75, 3.05) is 20.1 Å². The van der Waals surface area contributed by atoms with Crippen molar-refractivity contribution < 1.29 is 0 Å². The molecule has 3 unspecified atom stereocenters. The first-order chi connectivity index (χ1) is 11.3. The average Bonchev–Trinajstić information content (AvgIpc) is 3.29. The van der Waals surface area contributed by atoms with Crippen molar-refractivity contribution in [1.29, 1.82) is 0 Å². The van der Waals surface area contributed by atoms with E-state index in [4.69, 9.17) is 0 Å². The minimum absolute atomic E-state index is 0. The number of nitrogens with zero attached hydrogens (tertiary/aromatic N) is 4. The van der Waals surface area contributed by atoms with Gasteiger partial charge in [-0.2, -0.15) is 0 Å². The van der Waals surface area contributed by atoms with Crippen molar-refractivity contribution in [1.82, 2.24) is 25.4 Å². The topological polar surface area (TPSA) is 67.1 Å². The Kier molecular flexibility index (Phi) is 7.77. The van der Waals surface area contributed by atoms with Gasteiger partial charge >= 0.3 is 0 Å². The Balaban J connectivity index is 0.00000208. The molecule has 3 rings (SSSR count). The van der Waals surface area contributed by atoms with Crippen LogP contribution < -0.4 is 10.6 Å². The van der Waals surface area contributed by atoms with E-state index in [0.717, 1.165) is 55.6 Å². The summed E-state index contributed by atoms with van der Waals surface area (Å²) >= 11 is 0. The van der Waals surface area contributed by atoms with Crippen LogP contribution in [0, 0.1) is 17.8 Å². The largest absolute Gasteiger partial charge is 0.356 e. The molecule has 6 nitrogen and oxygen atoms in total. The third-order valence-electron chi connectivity index (χ3n) is 5.57. The molecule has 2 aliphatic carbocycles. The van der Waals surface area contributed by atoms with Gasteiger partial charge < -0.3 is 15.2 Å². The second kappa shape index (κ2) is 9.58.